The van der Waals surface area contributed by atoms with Gasteiger partial charge in [0, 0.05) is 7.05 Å². The van der Waals surface area contributed by atoms with Gasteiger partial charge >= 0.3 is 5.76 Å². The third-order valence-electron chi connectivity index (χ3n) is 4.18. The number of halogens is 2. The Labute approximate surface area is 167 Å². The summed E-state index contributed by atoms with van der Waals surface area (Å²) < 4.78 is 34.4. The molecule has 4 aromatic rings. The van der Waals surface area contributed by atoms with Gasteiger partial charge in [-0.05, 0) is 30.3 Å². The zero-order chi connectivity index (χ0) is 21.3. The monoisotopic (exact) mass is 412 g/mol. The number of alkyl halides is 1. The van der Waals surface area contributed by atoms with Gasteiger partial charge in [0.1, 0.15) is 18.3 Å². The fraction of sp³-hybridized carbons (Fsp3) is 0.105. The molecule has 0 aliphatic rings. The first-order valence-corrected chi connectivity index (χ1v) is 8.68. The Balaban J connectivity index is 1.59. The zero-order valence-electron chi connectivity index (χ0n) is 15.5. The van der Waals surface area contributed by atoms with E-state index in [0.717, 1.165) is 4.68 Å². The maximum absolute atomic E-state index is 13.7. The van der Waals surface area contributed by atoms with Crippen molar-refractivity contribution in [2.75, 3.05) is 5.32 Å². The minimum absolute atomic E-state index is 0.0438. The molecule has 3 heterocycles. The molecule has 0 radical (unpaired) electrons. The number of aryl methyl sites for hydroxylation is 1. The van der Waals surface area contributed by atoms with Crippen molar-refractivity contribution in [3.8, 4) is 17.3 Å². The second-order valence-electron chi connectivity index (χ2n) is 6.20. The van der Waals surface area contributed by atoms with Crippen LogP contribution < -0.4 is 11.1 Å². The topological polar surface area (TPSA) is 108 Å². The van der Waals surface area contributed by atoms with Crippen molar-refractivity contribution in [3.05, 3.63) is 76.3 Å². The standard InChI is InChI=1S/C19H14F2N6O3/c1-26-19(29)30-18(25-26)15-8-12(9-20)27(24-15)11-6-7-16(22-10-11)23-17(28)13-4-2-3-5-14(13)21/h2-8,10H,9H2,1H3,(H,22,23,28). The van der Waals surface area contributed by atoms with Gasteiger partial charge in [-0.3, -0.25) is 4.79 Å². The van der Waals surface area contributed by atoms with E-state index >= 15 is 0 Å². The molecule has 0 saturated heterocycles. The van der Waals surface area contributed by atoms with Crippen molar-refractivity contribution in [2.24, 2.45) is 7.05 Å². The van der Waals surface area contributed by atoms with Crippen LogP contribution in [-0.2, 0) is 13.7 Å². The molecule has 3 aromatic heterocycles. The van der Waals surface area contributed by atoms with Crippen LogP contribution in [0.4, 0.5) is 14.6 Å². The predicted molar refractivity (Wildman–Crippen MR) is 101 cm³/mol. The van der Waals surface area contributed by atoms with E-state index in [-0.39, 0.29) is 28.7 Å². The van der Waals surface area contributed by atoms with Crippen molar-refractivity contribution < 1.29 is 18.0 Å². The average molecular weight is 412 g/mol. The molecule has 0 bridgehead atoms. The van der Waals surface area contributed by atoms with Gasteiger partial charge in [-0.1, -0.05) is 12.1 Å². The molecular weight excluding hydrogens is 398 g/mol. The molecule has 0 aliphatic heterocycles. The van der Waals surface area contributed by atoms with Crippen LogP contribution in [0.15, 0.2) is 57.9 Å². The molecule has 0 spiro atoms. The number of carbonyl (C=O) groups is 1. The number of nitrogens with zero attached hydrogens (tertiary/aromatic N) is 5. The van der Waals surface area contributed by atoms with Gasteiger partial charge in [0.05, 0.1) is 23.1 Å². The number of aromatic nitrogens is 5. The molecule has 152 valence electrons. The second-order valence-corrected chi connectivity index (χ2v) is 6.20. The smallest absolute Gasteiger partial charge is 0.386 e. The molecule has 0 atom stereocenters. The largest absolute Gasteiger partial charge is 0.437 e. The fourth-order valence-corrected chi connectivity index (χ4v) is 2.71. The number of hydrogen-bond acceptors (Lipinski definition) is 6. The van der Waals surface area contributed by atoms with Gasteiger partial charge in [-0.15, -0.1) is 5.10 Å². The summed E-state index contributed by atoms with van der Waals surface area (Å²) in [4.78, 5) is 27.7. The summed E-state index contributed by atoms with van der Waals surface area (Å²) in [5, 5.41) is 10.6. The molecule has 30 heavy (non-hydrogen) atoms. The van der Waals surface area contributed by atoms with Crippen LogP contribution in [0.25, 0.3) is 17.3 Å². The molecule has 0 aliphatic carbocycles. The highest BCUT2D eigenvalue weighted by Crippen LogP contribution is 2.21. The van der Waals surface area contributed by atoms with Gasteiger partial charge in [0.2, 0.25) is 0 Å². The molecule has 11 heteroatoms. The van der Waals surface area contributed by atoms with Gasteiger partial charge < -0.3 is 9.73 Å². The molecular formula is C19H14F2N6O3. The van der Waals surface area contributed by atoms with Crippen LogP contribution in [-0.4, -0.2) is 30.5 Å². The Bertz CT molecular complexity index is 1280. The third-order valence-corrected chi connectivity index (χ3v) is 4.18. The van der Waals surface area contributed by atoms with Crippen molar-refractivity contribution in [2.45, 2.75) is 6.67 Å². The van der Waals surface area contributed by atoms with E-state index in [1.807, 2.05) is 0 Å². The van der Waals surface area contributed by atoms with E-state index in [1.54, 1.807) is 12.1 Å². The highest BCUT2D eigenvalue weighted by atomic mass is 19.1. The van der Waals surface area contributed by atoms with Gasteiger partial charge in [-0.2, -0.15) is 9.78 Å². The summed E-state index contributed by atoms with van der Waals surface area (Å²) >= 11 is 0. The quantitative estimate of drug-likeness (QED) is 0.540. The maximum Gasteiger partial charge on any atom is 0.437 e. The molecule has 0 unspecified atom stereocenters. The number of pyridine rings is 1. The Kier molecular flexibility index (Phi) is 4.92. The van der Waals surface area contributed by atoms with Crippen molar-refractivity contribution >= 4 is 11.7 Å². The molecule has 0 saturated carbocycles. The maximum atomic E-state index is 13.7. The van der Waals surface area contributed by atoms with Crippen molar-refractivity contribution in [1.29, 1.82) is 0 Å². The Hall–Kier alpha value is -4.15. The van der Waals surface area contributed by atoms with Crippen LogP contribution in [0.3, 0.4) is 0 Å². The molecule has 0 fully saturated rings. The number of anilines is 1. The minimum Gasteiger partial charge on any atom is -0.386 e. The van der Waals surface area contributed by atoms with Gasteiger partial charge in [0.15, 0.2) is 5.69 Å². The van der Waals surface area contributed by atoms with Crippen molar-refractivity contribution in [3.63, 3.8) is 0 Å². The summed E-state index contributed by atoms with van der Waals surface area (Å²) in [7, 11) is 1.42. The molecule has 1 aromatic carbocycles. The molecule has 4 rings (SSSR count). The SMILES string of the molecule is Cn1nc(-c2cc(CF)n(-c3ccc(NC(=O)c4ccccc4F)nc3)n2)oc1=O. The van der Waals surface area contributed by atoms with E-state index in [9.17, 15) is 18.4 Å². The van der Waals surface area contributed by atoms with E-state index < -0.39 is 24.2 Å². The first-order chi connectivity index (χ1) is 14.5. The molecule has 9 nitrogen and oxygen atoms in total. The normalized spacial score (nSPS) is 10.9. The van der Waals surface area contributed by atoms with Crippen LogP contribution in [0, 0.1) is 5.82 Å². The lowest BCUT2D eigenvalue weighted by Crippen LogP contribution is -2.14. The lowest BCUT2D eigenvalue weighted by molar-refractivity contribution is 0.102. The molecule has 1 amide bonds. The zero-order valence-corrected chi connectivity index (χ0v) is 15.5. The number of amides is 1. The number of rotatable bonds is 5. The third kappa shape index (κ3) is 3.60. The van der Waals surface area contributed by atoms with E-state index in [4.69, 9.17) is 4.42 Å². The van der Waals surface area contributed by atoms with Crippen LogP contribution in [0.1, 0.15) is 16.1 Å². The predicted octanol–water partition coefficient (Wildman–Crippen LogP) is 2.48. The van der Waals surface area contributed by atoms with E-state index in [0.29, 0.717) is 5.69 Å². The Morgan fingerprint density at radius 1 is 1.20 bits per heavy atom. The Morgan fingerprint density at radius 3 is 2.63 bits per heavy atom. The van der Waals surface area contributed by atoms with Gasteiger partial charge in [-0.25, -0.2) is 23.2 Å². The Morgan fingerprint density at radius 2 is 2.00 bits per heavy atom. The first kappa shape index (κ1) is 19.2. The summed E-state index contributed by atoms with van der Waals surface area (Å²) in [5.41, 5.74) is 0.647. The number of nitrogens with one attached hydrogen (secondary N) is 1. The average Bonchev–Trinajstić information content (AvgIpc) is 3.32. The number of carbonyl (C=O) groups excluding carboxylic acids is 1. The van der Waals surface area contributed by atoms with Crippen LogP contribution in [0.5, 0.6) is 0 Å². The fourth-order valence-electron chi connectivity index (χ4n) is 2.71. The first-order valence-electron chi connectivity index (χ1n) is 8.68. The van der Waals surface area contributed by atoms with Gasteiger partial charge in [0.25, 0.3) is 11.8 Å². The summed E-state index contributed by atoms with van der Waals surface area (Å²) in [6.45, 7) is -0.837. The second kappa shape index (κ2) is 7.70. The highest BCUT2D eigenvalue weighted by molar-refractivity contribution is 6.03. The minimum atomic E-state index is -0.837. The van der Waals surface area contributed by atoms with Crippen LogP contribution in [0.2, 0.25) is 0 Å². The van der Waals surface area contributed by atoms with Crippen LogP contribution >= 0.6 is 0 Å². The highest BCUT2D eigenvalue weighted by Gasteiger charge is 2.17. The summed E-state index contributed by atoms with van der Waals surface area (Å²) in [6.07, 6.45) is 1.36. The lowest BCUT2D eigenvalue weighted by Gasteiger charge is -2.08. The number of hydrogen-bond donors (Lipinski definition) is 1. The summed E-state index contributed by atoms with van der Waals surface area (Å²) in [6, 6.07) is 9.99. The molecule has 1 N–H and O–H groups in total. The van der Waals surface area contributed by atoms with E-state index in [1.165, 1.54) is 48.3 Å². The lowest BCUT2D eigenvalue weighted by atomic mass is 10.2. The number of benzene rings is 1. The van der Waals surface area contributed by atoms with E-state index in [2.05, 4.69) is 20.5 Å². The summed E-state index contributed by atoms with van der Waals surface area (Å²) in [5.74, 6) is -1.83. The van der Waals surface area contributed by atoms with Crippen molar-refractivity contribution in [1.82, 2.24) is 24.5 Å².